The number of aromatic nitrogens is 3. The molecule has 0 bridgehead atoms. The van der Waals surface area contributed by atoms with Crippen molar-refractivity contribution < 1.29 is 9.90 Å². The molecule has 2 aromatic heterocycles. The van der Waals surface area contributed by atoms with Gasteiger partial charge in [0, 0.05) is 29.7 Å². The Labute approximate surface area is 92.8 Å². The van der Waals surface area contributed by atoms with Gasteiger partial charge in [-0.05, 0) is 0 Å². The van der Waals surface area contributed by atoms with Gasteiger partial charge in [-0.25, -0.2) is 4.98 Å². The molecule has 0 aliphatic heterocycles. The fourth-order valence-electron chi connectivity index (χ4n) is 1.81. The number of aliphatic carboxylic acids is 1. The first-order valence-corrected chi connectivity index (χ1v) is 5.00. The van der Waals surface area contributed by atoms with Crippen LogP contribution in [0, 0.1) is 0 Å². The number of fused-ring (bicyclic) bond motifs is 1. The van der Waals surface area contributed by atoms with Crippen molar-refractivity contribution in [2.45, 2.75) is 25.7 Å². The third kappa shape index (κ3) is 1.76. The normalized spacial score (nSPS) is 11.9. The minimum atomic E-state index is -0.811. The van der Waals surface area contributed by atoms with E-state index in [1.54, 1.807) is 24.8 Å². The Hall–Kier alpha value is -1.91. The highest BCUT2D eigenvalue weighted by atomic mass is 16.4. The third-order valence-corrected chi connectivity index (χ3v) is 2.60. The predicted molar refractivity (Wildman–Crippen MR) is 58.3 cm³/mol. The summed E-state index contributed by atoms with van der Waals surface area (Å²) in [6, 6.07) is 0. The van der Waals surface area contributed by atoms with Gasteiger partial charge in [0.2, 0.25) is 0 Å². The first-order valence-electron chi connectivity index (χ1n) is 5.00. The minimum Gasteiger partial charge on any atom is -0.481 e. The SMILES string of the molecule is CC(C)(CC(=O)O)c1cnc2cnccn12. The van der Waals surface area contributed by atoms with Crippen LogP contribution < -0.4 is 0 Å². The number of carboxylic acid groups (broad SMARTS) is 1. The van der Waals surface area contributed by atoms with Gasteiger partial charge in [0.25, 0.3) is 0 Å². The third-order valence-electron chi connectivity index (χ3n) is 2.60. The lowest BCUT2D eigenvalue weighted by atomic mass is 9.86. The zero-order valence-corrected chi connectivity index (χ0v) is 9.21. The fraction of sp³-hybridized carbons (Fsp3) is 0.364. The van der Waals surface area contributed by atoms with E-state index < -0.39 is 11.4 Å². The van der Waals surface area contributed by atoms with Crippen molar-refractivity contribution in [1.29, 1.82) is 0 Å². The molecule has 84 valence electrons. The van der Waals surface area contributed by atoms with Gasteiger partial charge in [0.1, 0.15) is 0 Å². The average Bonchev–Trinajstić information content (AvgIpc) is 2.59. The van der Waals surface area contributed by atoms with Gasteiger partial charge in [-0.3, -0.25) is 9.78 Å². The standard InChI is InChI=1S/C11H13N3O2/c1-11(2,5-10(15)16)8-6-13-9-7-12-3-4-14(8)9/h3-4,6-7H,5H2,1-2H3,(H,15,16). The Morgan fingerprint density at radius 2 is 2.25 bits per heavy atom. The van der Waals surface area contributed by atoms with Crippen LogP contribution in [0.2, 0.25) is 0 Å². The number of nitrogens with zero attached hydrogens (tertiary/aromatic N) is 3. The van der Waals surface area contributed by atoms with Crippen LogP contribution in [0.15, 0.2) is 24.8 Å². The quantitative estimate of drug-likeness (QED) is 0.849. The molecule has 5 nitrogen and oxygen atoms in total. The number of hydrogen-bond donors (Lipinski definition) is 1. The molecule has 0 saturated heterocycles. The lowest BCUT2D eigenvalue weighted by Crippen LogP contribution is -2.23. The molecule has 0 fully saturated rings. The van der Waals surface area contributed by atoms with E-state index in [4.69, 9.17) is 5.11 Å². The van der Waals surface area contributed by atoms with Crippen LogP contribution in [0.5, 0.6) is 0 Å². The summed E-state index contributed by atoms with van der Waals surface area (Å²) in [6.07, 6.45) is 6.89. The van der Waals surface area contributed by atoms with Crippen molar-refractivity contribution in [2.75, 3.05) is 0 Å². The van der Waals surface area contributed by atoms with E-state index in [0.717, 1.165) is 11.3 Å². The van der Waals surface area contributed by atoms with Crippen molar-refractivity contribution in [2.24, 2.45) is 0 Å². The monoisotopic (exact) mass is 219 g/mol. The Morgan fingerprint density at radius 1 is 1.50 bits per heavy atom. The topological polar surface area (TPSA) is 67.5 Å². The first kappa shape index (κ1) is 10.6. The van der Waals surface area contributed by atoms with Gasteiger partial charge < -0.3 is 9.51 Å². The zero-order valence-electron chi connectivity index (χ0n) is 9.21. The van der Waals surface area contributed by atoms with Gasteiger partial charge in [-0.1, -0.05) is 13.8 Å². The number of carbonyl (C=O) groups is 1. The van der Waals surface area contributed by atoms with Gasteiger partial charge in [-0.2, -0.15) is 0 Å². The van der Waals surface area contributed by atoms with Crippen LogP contribution in [0.1, 0.15) is 26.0 Å². The molecule has 0 aliphatic carbocycles. The summed E-state index contributed by atoms with van der Waals surface area (Å²) in [5.74, 6) is -0.811. The average molecular weight is 219 g/mol. The van der Waals surface area contributed by atoms with Crippen LogP contribution >= 0.6 is 0 Å². The Kier molecular flexibility index (Phi) is 2.38. The highest BCUT2D eigenvalue weighted by Crippen LogP contribution is 2.27. The van der Waals surface area contributed by atoms with Crippen molar-refractivity contribution in [3.05, 3.63) is 30.5 Å². The summed E-state index contributed by atoms with van der Waals surface area (Å²) < 4.78 is 1.87. The summed E-state index contributed by atoms with van der Waals surface area (Å²) in [5, 5.41) is 8.88. The van der Waals surface area contributed by atoms with Crippen molar-refractivity contribution >= 4 is 11.6 Å². The molecule has 0 radical (unpaired) electrons. The Balaban J connectivity index is 2.50. The molecule has 2 aromatic rings. The molecule has 2 heterocycles. The second-order valence-corrected chi connectivity index (χ2v) is 4.40. The van der Waals surface area contributed by atoms with E-state index in [1.165, 1.54) is 0 Å². The van der Waals surface area contributed by atoms with Gasteiger partial charge >= 0.3 is 5.97 Å². The van der Waals surface area contributed by atoms with Gasteiger partial charge in [0.05, 0.1) is 12.6 Å². The molecule has 0 aromatic carbocycles. The number of hydrogen-bond acceptors (Lipinski definition) is 3. The maximum absolute atomic E-state index is 10.8. The lowest BCUT2D eigenvalue weighted by Gasteiger charge is -2.21. The number of rotatable bonds is 3. The van der Waals surface area contributed by atoms with Crippen LogP contribution in [0.3, 0.4) is 0 Å². The van der Waals surface area contributed by atoms with Crippen LogP contribution in [0.25, 0.3) is 5.65 Å². The van der Waals surface area contributed by atoms with Crippen LogP contribution in [0.4, 0.5) is 0 Å². The highest BCUT2D eigenvalue weighted by Gasteiger charge is 2.27. The zero-order chi connectivity index (χ0) is 11.8. The fourth-order valence-corrected chi connectivity index (χ4v) is 1.81. The van der Waals surface area contributed by atoms with Crippen LogP contribution in [-0.4, -0.2) is 25.4 Å². The van der Waals surface area contributed by atoms with E-state index in [2.05, 4.69) is 9.97 Å². The second-order valence-electron chi connectivity index (χ2n) is 4.40. The molecule has 1 N–H and O–H groups in total. The molecule has 0 atom stereocenters. The molecule has 0 saturated carbocycles. The van der Waals surface area contributed by atoms with E-state index >= 15 is 0 Å². The maximum Gasteiger partial charge on any atom is 0.304 e. The summed E-state index contributed by atoms with van der Waals surface area (Å²) in [7, 11) is 0. The van der Waals surface area contributed by atoms with E-state index in [1.807, 2.05) is 18.2 Å². The van der Waals surface area contributed by atoms with Crippen LogP contribution in [-0.2, 0) is 10.2 Å². The van der Waals surface area contributed by atoms with Gasteiger partial charge in [-0.15, -0.1) is 0 Å². The summed E-state index contributed by atoms with van der Waals surface area (Å²) in [6.45, 7) is 3.79. The maximum atomic E-state index is 10.8. The summed E-state index contributed by atoms with van der Waals surface area (Å²) in [5.41, 5.74) is 1.16. The van der Waals surface area contributed by atoms with Crippen molar-refractivity contribution in [3.8, 4) is 0 Å². The minimum absolute atomic E-state index is 0.0725. The first-order chi connectivity index (χ1) is 7.50. The van der Waals surface area contributed by atoms with Gasteiger partial charge in [0.15, 0.2) is 5.65 Å². The highest BCUT2D eigenvalue weighted by molar-refractivity contribution is 5.68. The van der Waals surface area contributed by atoms with E-state index in [9.17, 15) is 4.79 Å². The number of imidazole rings is 1. The molecule has 0 amide bonds. The molecule has 16 heavy (non-hydrogen) atoms. The summed E-state index contributed by atoms with van der Waals surface area (Å²) in [4.78, 5) is 19.0. The predicted octanol–water partition coefficient (Wildman–Crippen LogP) is 1.48. The molecule has 2 rings (SSSR count). The smallest absolute Gasteiger partial charge is 0.304 e. The largest absolute Gasteiger partial charge is 0.481 e. The second kappa shape index (κ2) is 3.59. The van der Waals surface area contributed by atoms with Crippen molar-refractivity contribution in [3.63, 3.8) is 0 Å². The summed E-state index contributed by atoms with van der Waals surface area (Å²) >= 11 is 0. The number of carboxylic acids is 1. The molecular weight excluding hydrogens is 206 g/mol. The molecular formula is C11H13N3O2. The molecule has 0 unspecified atom stereocenters. The van der Waals surface area contributed by atoms with Crippen molar-refractivity contribution in [1.82, 2.24) is 14.4 Å². The Bertz CT molecular complexity index is 531. The van der Waals surface area contributed by atoms with E-state index in [-0.39, 0.29) is 6.42 Å². The molecule has 0 aliphatic rings. The Morgan fingerprint density at radius 3 is 2.94 bits per heavy atom. The molecule has 5 heteroatoms. The lowest BCUT2D eigenvalue weighted by molar-refractivity contribution is -0.138. The molecule has 0 spiro atoms. The van der Waals surface area contributed by atoms with E-state index in [0.29, 0.717) is 0 Å².